The molecule has 19 heavy (non-hydrogen) atoms. The van der Waals surface area contributed by atoms with Crippen molar-refractivity contribution < 1.29 is 19.0 Å². The summed E-state index contributed by atoms with van der Waals surface area (Å²) in [4.78, 5) is 15.2. The highest BCUT2D eigenvalue weighted by Crippen LogP contribution is 2.33. The first kappa shape index (κ1) is 13.2. The number of nitrogens with zero attached hydrogens (tertiary/aromatic N) is 1. The second-order valence-corrected chi connectivity index (χ2v) is 4.65. The summed E-state index contributed by atoms with van der Waals surface area (Å²) in [5.41, 5.74) is 0.544. The van der Waals surface area contributed by atoms with Crippen LogP contribution in [0, 0.1) is 5.82 Å². The molecule has 0 atom stereocenters. The van der Waals surface area contributed by atoms with E-state index in [4.69, 9.17) is 9.84 Å². The largest absolute Gasteiger partial charge is 0.496 e. The molecule has 98 valence electrons. The van der Waals surface area contributed by atoms with Gasteiger partial charge in [0.15, 0.2) is 0 Å². The summed E-state index contributed by atoms with van der Waals surface area (Å²) in [7, 11) is 1.50. The van der Waals surface area contributed by atoms with Crippen LogP contribution in [-0.2, 0) is 4.79 Å². The molecule has 0 aliphatic carbocycles. The van der Waals surface area contributed by atoms with Gasteiger partial charge in [0.25, 0.3) is 0 Å². The Labute approximate surface area is 112 Å². The fourth-order valence-corrected chi connectivity index (χ4v) is 2.33. The summed E-state index contributed by atoms with van der Waals surface area (Å²) in [6.45, 7) is 0. The number of hydrogen-bond acceptors (Lipinski definition) is 4. The molecule has 0 fully saturated rings. The first-order valence-corrected chi connectivity index (χ1v) is 6.12. The molecular formula is C13H10FNO3S. The molecule has 0 amide bonds. The van der Waals surface area contributed by atoms with Crippen LogP contribution >= 0.6 is 11.3 Å². The minimum absolute atomic E-state index is 0.381. The molecule has 0 saturated carbocycles. The van der Waals surface area contributed by atoms with Crippen LogP contribution in [-0.4, -0.2) is 23.2 Å². The van der Waals surface area contributed by atoms with Gasteiger partial charge in [-0.15, -0.1) is 11.3 Å². The SMILES string of the molecule is COc1ccc(F)cc1-c1ncc(/C=C/C(=O)O)s1. The smallest absolute Gasteiger partial charge is 0.328 e. The van der Waals surface area contributed by atoms with Gasteiger partial charge in [0.05, 0.1) is 12.7 Å². The normalized spacial score (nSPS) is 10.8. The summed E-state index contributed by atoms with van der Waals surface area (Å²) in [6, 6.07) is 4.17. The Morgan fingerprint density at radius 3 is 3.00 bits per heavy atom. The van der Waals surface area contributed by atoms with Crippen LogP contribution in [0.5, 0.6) is 5.75 Å². The molecule has 1 N–H and O–H groups in total. The quantitative estimate of drug-likeness (QED) is 0.874. The minimum atomic E-state index is -1.03. The monoisotopic (exact) mass is 279 g/mol. The summed E-state index contributed by atoms with van der Waals surface area (Å²) in [5.74, 6) is -0.892. The van der Waals surface area contributed by atoms with E-state index in [0.29, 0.717) is 21.2 Å². The van der Waals surface area contributed by atoms with E-state index in [1.807, 2.05) is 0 Å². The highest BCUT2D eigenvalue weighted by Gasteiger charge is 2.11. The Hall–Kier alpha value is -2.21. The number of carbonyl (C=O) groups is 1. The minimum Gasteiger partial charge on any atom is -0.496 e. The zero-order valence-corrected chi connectivity index (χ0v) is 10.8. The molecule has 1 aromatic carbocycles. The van der Waals surface area contributed by atoms with Crippen LogP contribution in [0.3, 0.4) is 0 Å². The zero-order valence-electron chi connectivity index (χ0n) is 9.96. The number of halogens is 1. The van der Waals surface area contributed by atoms with Crippen molar-refractivity contribution in [2.45, 2.75) is 0 Å². The second kappa shape index (κ2) is 5.62. The van der Waals surface area contributed by atoms with Crippen molar-refractivity contribution in [1.82, 2.24) is 4.98 Å². The van der Waals surface area contributed by atoms with Gasteiger partial charge in [-0.25, -0.2) is 14.2 Å². The number of rotatable bonds is 4. The molecule has 0 aliphatic rings. The van der Waals surface area contributed by atoms with E-state index in [0.717, 1.165) is 6.08 Å². The zero-order chi connectivity index (χ0) is 13.8. The molecule has 0 aliphatic heterocycles. The Morgan fingerprint density at radius 1 is 1.53 bits per heavy atom. The summed E-state index contributed by atoms with van der Waals surface area (Å²) in [6.07, 6.45) is 4.00. The number of aromatic nitrogens is 1. The average Bonchev–Trinajstić information content (AvgIpc) is 2.85. The summed E-state index contributed by atoms with van der Waals surface area (Å²) in [5, 5.41) is 9.12. The van der Waals surface area contributed by atoms with Crippen LogP contribution < -0.4 is 4.74 Å². The van der Waals surface area contributed by atoms with E-state index >= 15 is 0 Å². The van der Waals surface area contributed by atoms with Crippen LogP contribution in [0.2, 0.25) is 0 Å². The summed E-state index contributed by atoms with van der Waals surface area (Å²) >= 11 is 1.26. The van der Waals surface area contributed by atoms with Crippen LogP contribution in [0.25, 0.3) is 16.6 Å². The lowest BCUT2D eigenvalue weighted by molar-refractivity contribution is -0.131. The topological polar surface area (TPSA) is 59.4 Å². The van der Waals surface area contributed by atoms with Gasteiger partial charge >= 0.3 is 5.97 Å². The lowest BCUT2D eigenvalue weighted by Gasteiger charge is -2.05. The Kier molecular flexibility index (Phi) is 3.91. The predicted octanol–water partition coefficient (Wildman–Crippen LogP) is 3.06. The third kappa shape index (κ3) is 3.17. The number of carboxylic acids is 1. The molecule has 6 heteroatoms. The number of hydrogen-bond donors (Lipinski definition) is 1. The van der Waals surface area contributed by atoms with Crippen LogP contribution in [0.15, 0.2) is 30.5 Å². The lowest BCUT2D eigenvalue weighted by atomic mass is 10.2. The number of benzene rings is 1. The third-order valence-corrected chi connectivity index (χ3v) is 3.30. The highest BCUT2D eigenvalue weighted by atomic mass is 32.1. The molecule has 0 saturated heterocycles. The molecule has 2 rings (SSSR count). The van der Waals surface area contributed by atoms with Crippen molar-refractivity contribution in [3.8, 4) is 16.3 Å². The van der Waals surface area contributed by atoms with Gasteiger partial charge in [-0.2, -0.15) is 0 Å². The van der Waals surface area contributed by atoms with Gasteiger partial charge in [-0.1, -0.05) is 0 Å². The second-order valence-electron chi connectivity index (χ2n) is 3.58. The maximum absolute atomic E-state index is 13.3. The fourth-order valence-electron chi connectivity index (χ4n) is 1.49. The third-order valence-electron chi connectivity index (χ3n) is 2.31. The fraction of sp³-hybridized carbons (Fsp3) is 0.0769. The Morgan fingerprint density at radius 2 is 2.32 bits per heavy atom. The van der Waals surface area contributed by atoms with Crippen LogP contribution in [0.4, 0.5) is 4.39 Å². The van der Waals surface area contributed by atoms with Crippen molar-refractivity contribution in [3.05, 3.63) is 41.2 Å². The predicted molar refractivity (Wildman–Crippen MR) is 70.7 cm³/mol. The van der Waals surface area contributed by atoms with Gasteiger partial charge < -0.3 is 9.84 Å². The molecule has 1 heterocycles. The van der Waals surface area contributed by atoms with E-state index in [9.17, 15) is 9.18 Å². The van der Waals surface area contributed by atoms with E-state index in [1.165, 1.54) is 48.9 Å². The molecule has 2 aromatic rings. The van der Waals surface area contributed by atoms with E-state index in [-0.39, 0.29) is 5.82 Å². The number of methoxy groups -OCH3 is 1. The maximum Gasteiger partial charge on any atom is 0.328 e. The van der Waals surface area contributed by atoms with Crippen molar-refractivity contribution in [3.63, 3.8) is 0 Å². The van der Waals surface area contributed by atoms with E-state index < -0.39 is 5.97 Å². The highest BCUT2D eigenvalue weighted by molar-refractivity contribution is 7.15. The number of thiazole rings is 1. The van der Waals surface area contributed by atoms with Gasteiger partial charge in [-0.05, 0) is 24.3 Å². The van der Waals surface area contributed by atoms with Crippen molar-refractivity contribution in [2.75, 3.05) is 7.11 Å². The number of ether oxygens (including phenoxy) is 1. The van der Waals surface area contributed by atoms with Crippen LogP contribution in [0.1, 0.15) is 4.88 Å². The molecule has 0 spiro atoms. The Bertz CT molecular complexity index is 637. The lowest BCUT2D eigenvalue weighted by Crippen LogP contribution is -1.88. The van der Waals surface area contributed by atoms with Crippen molar-refractivity contribution in [1.29, 1.82) is 0 Å². The van der Waals surface area contributed by atoms with Gasteiger partial charge in [0, 0.05) is 17.2 Å². The average molecular weight is 279 g/mol. The van der Waals surface area contributed by atoms with Gasteiger partial charge in [0.2, 0.25) is 0 Å². The molecule has 0 unspecified atom stereocenters. The van der Waals surface area contributed by atoms with Gasteiger partial charge in [-0.3, -0.25) is 0 Å². The number of aliphatic carboxylic acids is 1. The van der Waals surface area contributed by atoms with E-state index in [2.05, 4.69) is 4.98 Å². The summed E-state index contributed by atoms with van der Waals surface area (Å²) < 4.78 is 18.4. The first-order chi connectivity index (χ1) is 9.10. The standard InChI is InChI=1S/C13H10FNO3S/c1-18-11-4-2-8(14)6-10(11)13-15-7-9(19-13)3-5-12(16)17/h2-7H,1H3,(H,16,17)/b5-3+. The molecule has 4 nitrogen and oxygen atoms in total. The molecule has 1 aromatic heterocycles. The van der Waals surface area contributed by atoms with E-state index in [1.54, 1.807) is 0 Å². The molecular weight excluding hydrogens is 269 g/mol. The Balaban J connectivity index is 2.37. The molecule has 0 radical (unpaired) electrons. The first-order valence-electron chi connectivity index (χ1n) is 5.31. The maximum atomic E-state index is 13.3. The van der Waals surface area contributed by atoms with Crippen molar-refractivity contribution >= 4 is 23.4 Å². The number of carboxylic acid groups (broad SMARTS) is 1. The van der Waals surface area contributed by atoms with Crippen molar-refractivity contribution in [2.24, 2.45) is 0 Å². The molecule has 0 bridgehead atoms. The van der Waals surface area contributed by atoms with Gasteiger partial charge in [0.1, 0.15) is 16.6 Å².